The van der Waals surface area contributed by atoms with Gasteiger partial charge in [-0.2, -0.15) is 0 Å². The Balaban J connectivity index is 2.24. The van der Waals surface area contributed by atoms with Gasteiger partial charge in [-0.1, -0.05) is 0 Å². The first kappa shape index (κ1) is 11.9. The number of rotatable bonds is 2. The van der Waals surface area contributed by atoms with Gasteiger partial charge in [0.1, 0.15) is 0 Å². The number of carboxylic acid groups (broad SMARTS) is 1. The monoisotopic (exact) mass is 235 g/mol. The molecule has 0 saturated carbocycles. The number of aromatic carboxylic acids is 1. The molecule has 0 unspecified atom stereocenters. The van der Waals surface area contributed by atoms with Gasteiger partial charge in [-0.3, -0.25) is 4.98 Å². The van der Waals surface area contributed by atoms with Crippen LogP contribution in [-0.2, 0) is 0 Å². The van der Waals surface area contributed by atoms with E-state index in [1.54, 1.807) is 12.3 Å². The van der Waals surface area contributed by atoms with Crippen molar-refractivity contribution in [2.45, 2.75) is 6.42 Å². The number of pyridine rings is 1. The second-order valence-corrected chi connectivity index (χ2v) is 4.34. The van der Waals surface area contributed by atoms with Crippen molar-refractivity contribution < 1.29 is 9.90 Å². The van der Waals surface area contributed by atoms with Crippen molar-refractivity contribution >= 4 is 11.7 Å². The van der Waals surface area contributed by atoms with E-state index in [4.69, 9.17) is 5.11 Å². The number of likely N-dealkylation sites (N-methyl/N-ethyl adjacent to an activating group) is 1. The van der Waals surface area contributed by atoms with Crippen molar-refractivity contribution in [2.24, 2.45) is 0 Å². The fourth-order valence-electron chi connectivity index (χ4n) is 2.11. The van der Waals surface area contributed by atoms with Gasteiger partial charge in [-0.05, 0) is 26.1 Å². The molecule has 5 nitrogen and oxygen atoms in total. The third-order valence-corrected chi connectivity index (χ3v) is 3.09. The molecular formula is C12H17N3O2. The minimum Gasteiger partial charge on any atom is -0.478 e. The van der Waals surface area contributed by atoms with Crippen molar-refractivity contribution in [1.29, 1.82) is 0 Å². The van der Waals surface area contributed by atoms with Gasteiger partial charge in [0, 0.05) is 25.8 Å². The largest absolute Gasteiger partial charge is 0.478 e. The first-order valence-electron chi connectivity index (χ1n) is 5.79. The summed E-state index contributed by atoms with van der Waals surface area (Å²) in [5, 5.41) is 9.15. The Morgan fingerprint density at radius 1 is 1.35 bits per heavy atom. The molecular weight excluding hydrogens is 218 g/mol. The van der Waals surface area contributed by atoms with Crippen LogP contribution in [0.1, 0.15) is 16.8 Å². The fraction of sp³-hybridized carbons (Fsp3) is 0.500. The van der Waals surface area contributed by atoms with Crippen LogP contribution in [0.5, 0.6) is 0 Å². The van der Waals surface area contributed by atoms with Crippen LogP contribution in [-0.4, -0.2) is 54.2 Å². The van der Waals surface area contributed by atoms with Crippen LogP contribution in [0.4, 0.5) is 5.69 Å². The maximum absolute atomic E-state index is 11.1. The predicted octanol–water partition coefficient (Wildman–Crippen LogP) is 0.922. The molecule has 0 bridgehead atoms. The highest BCUT2D eigenvalue weighted by molar-refractivity contribution is 5.94. The molecule has 5 heteroatoms. The quantitative estimate of drug-likeness (QED) is 0.826. The lowest BCUT2D eigenvalue weighted by molar-refractivity contribution is 0.0697. The molecule has 92 valence electrons. The minimum absolute atomic E-state index is 0.338. The summed E-state index contributed by atoms with van der Waals surface area (Å²) in [5.41, 5.74) is 1.07. The molecule has 1 N–H and O–H groups in total. The second kappa shape index (κ2) is 5.14. The van der Waals surface area contributed by atoms with Crippen LogP contribution in [0.3, 0.4) is 0 Å². The SMILES string of the molecule is CN1CCCN(c2cnccc2C(=O)O)CC1. The molecule has 0 atom stereocenters. The number of carbonyl (C=O) groups is 1. The smallest absolute Gasteiger partial charge is 0.337 e. The number of anilines is 1. The Morgan fingerprint density at radius 3 is 2.94 bits per heavy atom. The highest BCUT2D eigenvalue weighted by Crippen LogP contribution is 2.20. The maximum Gasteiger partial charge on any atom is 0.337 e. The molecule has 1 aliphatic rings. The van der Waals surface area contributed by atoms with E-state index in [0.29, 0.717) is 5.56 Å². The van der Waals surface area contributed by atoms with E-state index in [1.807, 2.05) is 0 Å². The third kappa shape index (κ3) is 2.74. The first-order valence-corrected chi connectivity index (χ1v) is 5.79. The van der Waals surface area contributed by atoms with Crippen molar-refractivity contribution in [3.8, 4) is 0 Å². The average Bonchev–Trinajstić information content (AvgIpc) is 2.54. The normalized spacial score (nSPS) is 17.8. The zero-order chi connectivity index (χ0) is 12.3. The second-order valence-electron chi connectivity index (χ2n) is 4.34. The van der Waals surface area contributed by atoms with Gasteiger partial charge in [0.2, 0.25) is 0 Å². The number of nitrogens with zero attached hydrogens (tertiary/aromatic N) is 3. The van der Waals surface area contributed by atoms with E-state index in [9.17, 15) is 4.79 Å². The van der Waals surface area contributed by atoms with E-state index < -0.39 is 5.97 Å². The number of aromatic nitrogens is 1. The lowest BCUT2D eigenvalue weighted by atomic mass is 10.2. The van der Waals surface area contributed by atoms with Crippen molar-refractivity contribution in [2.75, 3.05) is 38.1 Å². The van der Waals surface area contributed by atoms with Crippen molar-refractivity contribution in [3.05, 3.63) is 24.0 Å². The van der Waals surface area contributed by atoms with E-state index >= 15 is 0 Å². The van der Waals surface area contributed by atoms with Crippen LogP contribution in [0.15, 0.2) is 18.5 Å². The van der Waals surface area contributed by atoms with Crippen molar-refractivity contribution in [1.82, 2.24) is 9.88 Å². The summed E-state index contributed by atoms with van der Waals surface area (Å²) in [6.45, 7) is 3.74. The molecule has 0 aromatic carbocycles. The standard InChI is InChI=1S/C12H17N3O2/c1-14-5-2-6-15(8-7-14)11-9-13-4-3-10(11)12(16)17/h3-4,9H,2,5-8H2,1H3,(H,16,17). The molecule has 1 aliphatic heterocycles. The van der Waals surface area contributed by atoms with Crippen LogP contribution in [0, 0.1) is 0 Å². The topological polar surface area (TPSA) is 56.7 Å². The minimum atomic E-state index is -0.889. The molecule has 0 radical (unpaired) electrons. The first-order chi connectivity index (χ1) is 8.18. The molecule has 1 saturated heterocycles. The van der Waals surface area contributed by atoms with Gasteiger partial charge in [-0.15, -0.1) is 0 Å². The van der Waals surface area contributed by atoms with Gasteiger partial charge in [-0.25, -0.2) is 4.79 Å². The molecule has 2 heterocycles. The summed E-state index contributed by atoms with van der Waals surface area (Å²) in [4.78, 5) is 19.6. The Hall–Kier alpha value is -1.62. The Kier molecular flexibility index (Phi) is 3.58. The van der Waals surface area contributed by atoms with Gasteiger partial charge >= 0.3 is 5.97 Å². The summed E-state index contributed by atoms with van der Waals surface area (Å²) < 4.78 is 0. The molecule has 1 fully saturated rings. The lowest BCUT2D eigenvalue weighted by Gasteiger charge is -2.23. The maximum atomic E-state index is 11.1. The fourth-order valence-corrected chi connectivity index (χ4v) is 2.11. The summed E-state index contributed by atoms with van der Waals surface area (Å²) >= 11 is 0. The number of carboxylic acids is 1. The highest BCUT2D eigenvalue weighted by atomic mass is 16.4. The van der Waals surface area contributed by atoms with Crippen LogP contribution in [0.2, 0.25) is 0 Å². The van der Waals surface area contributed by atoms with Gasteiger partial charge in [0.05, 0.1) is 17.4 Å². The zero-order valence-electron chi connectivity index (χ0n) is 9.96. The molecule has 2 rings (SSSR count). The Bertz CT molecular complexity index is 408. The molecule has 1 aromatic rings. The molecule has 0 amide bonds. The Morgan fingerprint density at radius 2 is 2.18 bits per heavy atom. The van der Waals surface area contributed by atoms with Crippen molar-refractivity contribution in [3.63, 3.8) is 0 Å². The number of hydrogen-bond acceptors (Lipinski definition) is 4. The molecule has 0 spiro atoms. The summed E-state index contributed by atoms with van der Waals surface area (Å²) in [6, 6.07) is 1.56. The van der Waals surface area contributed by atoms with Gasteiger partial charge < -0.3 is 14.9 Å². The van der Waals surface area contributed by atoms with Crippen LogP contribution in [0.25, 0.3) is 0 Å². The van der Waals surface area contributed by atoms with Gasteiger partial charge in [0.25, 0.3) is 0 Å². The highest BCUT2D eigenvalue weighted by Gasteiger charge is 2.18. The van der Waals surface area contributed by atoms with E-state index in [1.165, 1.54) is 6.20 Å². The predicted molar refractivity (Wildman–Crippen MR) is 65.5 cm³/mol. The van der Waals surface area contributed by atoms with Gasteiger partial charge in [0.15, 0.2) is 0 Å². The zero-order valence-corrected chi connectivity index (χ0v) is 9.96. The summed E-state index contributed by atoms with van der Waals surface area (Å²) in [5.74, 6) is -0.889. The van der Waals surface area contributed by atoms with E-state index in [-0.39, 0.29) is 0 Å². The third-order valence-electron chi connectivity index (χ3n) is 3.09. The van der Waals surface area contributed by atoms with Crippen LogP contribution < -0.4 is 4.90 Å². The average molecular weight is 235 g/mol. The van der Waals surface area contributed by atoms with E-state index in [0.717, 1.165) is 38.3 Å². The Labute approximate surface area is 101 Å². The lowest BCUT2D eigenvalue weighted by Crippen LogP contribution is -2.30. The van der Waals surface area contributed by atoms with Crippen LogP contribution >= 0.6 is 0 Å². The molecule has 0 aliphatic carbocycles. The summed E-state index contributed by atoms with van der Waals surface area (Å²) in [7, 11) is 2.09. The van der Waals surface area contributed by atoms with E-state index in [2.05, 4.69) is 21.8 Å². The summed E-state index contributed by atoms with van der Waals surface area (Å²) in [6.07, 6.45) is 4.22. The molecule has 1 aromatic heterocycles. The number of hydrogen-bond donors (Lipinski definition) is 1. The molecule has 17 heavy (non-hydrogen) atoms.